The molecule has 1 nitrogen and oxygen atoms in total. The Balaban J connectivity index is 2.14. The average molecular weight is 183 g/mol. The minimum Gasteiger partial charge on any atom is -0.396 e. The summed E-state index contributed by atoms with van der Waals surface area (Å²) >= 11 is 5.99. The molecule has 0 unspecified atom stereocenters. The van der Waals surface area contributed by atoms with Gasteiger partial charge in [-0.05, 0) is 5.56 Å². The molecule has 1 aromatic rings. The van der Waals surface area contributed by atoms with E-state index < -0.39 is 0 Å². The number of hydrogen-bond donors (Lipinski definition) is 1. The van der Waals surface area contributed by atoms with Crippen LogP contribution in [0, 0.1) is 5.92 Å². The Bertz CT molecular complexity index is 260. The van der Waals surface area contributed by atoms with Crippen LogP contribution < -0.4 is 0 Å². The fourth-order valence-corrected chi connectivity index (χ4v) is 2.14. The third-order valence-electron chi connectivity index (χ3n) is 2.47. The van der Waals surface area contributed by atoms with Gasteiger partial charge >= 0.3 is 0 Å². The molecular formula is C10H11ClO. The maximum atomic E-state index is 8.92. The molecule has 0 aliphatic heterocycles. The number of alkyl halides is 1. The van der Waals surface area contributed by atoms with Crippen molar-refractivity contribution in [1.29, 1.82) is 0 Å². The van der Waals surface area contributed by atoms with E-state index in [1.165, 1.54) is 5.56 Å². The molecule has 1 aromatic carbocycles. The summed E-state index contributed by atoms with van der Waals surface area (Å²) in [6.45, 7) is 0.202. The Kier molecular flexibility index (Phi) is 2.07. The Morgan fingerprint density at radius 3 is 2.42 bits per heavy atom. The highest BCUT2D eigenvalue weighted by atomic mass is 35.5. The van der Waals surface area contributed by atoms with Crippen LogP contribution in [0.5, 0.6) is 0 Å². The number of aliphatic hydroxyl groups is 1. The summed E-state index contributed by atoms with van der Waals surface area (Å²) in [5, 5.41) is 9.06. The van der Waals surface area contributed by atoms with Gasteiger partial charge in [0.1, 0.15) is 0 Å². The van der Waals surface area contributed by atoms with Crippen molar-refractivity contribution >= 4 is 11.6 Å². The molecule has 1 N–H and O–H groups in total. The number of aliphatic hydroxyl groups excluding tert-OH is 1. The zero-order chi connectivity index (χ0) is 8.55. The first-order valence-corrected chi connectivity index (χ1v) is 4.58. The van der Waals surface area contributed by atoms with Crippen molar-refractivity contribution in [2.45, 2.75) is 11.3 Å². The van der Waals surface area contributed by atoms with Crippen LogP contribution in [-0.4, -0.2) is 17.1 Å². The molecule has 3 atom stereocenters. The quantitative estimate of drug-likeness (QED) is 0.694. The monoisotopic (exact) mass is 182 g/mol. The molecule has 0 saturated heterocycles. The molecular weight excluding hydrogens is 172 g/mol. The molecule has 1 aliphatic carbocycles. The minimum absolute atomic E-state index is 0.136. The fraction of sp³-hybridized carbons (Fsp3) is 0.400. The van der Waals surface area contributed by atoms with Crippen LogP contribution in [0.3, 0.4) is 0 Å². The minimum atomic E-state index is 0.136. The molecule has 2 heteroatoms. The van der Waals surface area contributed by atoms with Gasteiger partial charge in [-0.2, -0.15) is 0 Å². The summed E-state index contributed by atoms with van der Waals surface area (Å²) in [4.78, 5) is 0. The highest BCUT2D eigenvalue weighted by molar-refractivity contribution is 6.23. The fourth-order valence-electron chi connectivity index (χ4n) is 1.65. The summed E-state index contributed by atoms with van der Waals surface area (Å²) in [7, 11) is 0. The molecule has 1 fully saturated rings. The number of benzene rings is 1. The van der Waals surface area contributed by atoms with E-state index in [1.807, 2.05) is 18.2 Å². The second-order valence-electron chi connectivity index (χ2n) is 3.23. The standard InChI is InChI=1S/C10H11ClO/c11-10-8(6-12)9(10)7-4-2-1-3-5-7/h1-5,8-10,12H,6H2/t8-,9+,10-/m0/s1. The molecule has 0 amide bonds. The van der Waals surface area contributed by atoms with Crippen molar-refractivity contribution in [3.63, 3.8) is 0 Å². The van der Waals surface area contributed by atoms with Gasteiger partial charge in [-0.15, -0.1) is 11.6 Å². The van der Waals surface area contributed by atoms with Gasteiger partial charge in [0.15, 0.2) is 0 Å². The lowest BCUT2D eigenvalue weighted by molar-refractivity contribution is 0.274. The van der Waals surface area contributed by atoms with Gasteiger partial charge in [-0.1, -0.05) is 30.3 Å². The lowest BCUT2D eigenvalue weighted by Gasteiger charge is -1.95. The second kappa shape index (κ2) is 3.08. The molecule has 0 heterocycles. The third kappa shape index (κ3) is 1.23. The van der Waals surface area contributed by atoms with E-state index in [2.05, 4.69) is 12.1 Å². The van der Waals surface area contributed by atoms with Crippen molar-refractivity contribution in [3.05, 3.63) is 35.9 Å². The predicted octanol–water partition coefficient (Wildman–Crippen LogP) is 2.00. The van der Waals surface area contributed by atoms with Crippen molar-refractivity contribution in [3.8, 4) is 0 Å². The summed E-state index contributed by atoms with van der Waals surface area (Å²) in [5.74, 6) is 0.645. The number of hydrogen-bond acceptors (Lipinski definition) is 1. The zero-order valence-corrected chi connectivity index (χ0v) is 7.41. The lowest BCUT2D eigenvalue weighted by Crippen LogP contribution is -1.88. The highest BCUT2D eigenvalue weighted by Gasteiger charge is 2.49. The van der Waals surface area contributed by atoms with Crippen LogP contribution in [0.1, 0.15) is 11.5 Å². The van der Waals surface area contributed by atoms with Crippen LogP contribution in [-0.2, 0) is 0 Å². The van der Waals surface area contributed by atoms with Crippen LogP contribution in [0.15, 0.2) is 30.3 Å². The first kappa shape index (κ1) is 8.09. The molecule has 0 bridgehead atoms. The zero-order valence-electron chi connectivity index (χ0n) is 6.65. The van der Waals surface area contributed by atoms with Gasteiger partial charge < -0.3 is 5.11 Å². The molecule has 2 rings (SSSR count). The highest BCUT2D eigenvalue weighted by Crippen LogP contribution is 2.51. The van der Waals surface area contributed by atoms with Gasteiger partial charge in [0, 0.05) is 23.8 Å². The summed E-state index contributed by atoms with van der Waals surface area (Å²) in [5.41, 5.74) is 1.25. The van der Waals surface area contributed by atoms with Gasteiger partial charge in [0.25, 0.3) is 0 Å². The van der Waals surface area contributed by atoms with Crippen LogP contribution in [0.25, 0.3) is 0 Å². The van der Waals surface area contributed by atoms with Crippen molar-refractivity contribution in [2.75, 3.05) is 6.61 Å². The van der Waals surface area contributed by atoms with Crippen LogP contribution in [0.2, 0.25) is 0 Å². The predicted molar refractivity (Wildman–Crippen MR) is 49.4 cm³/mol. The third-order valence-corrected chi connectivity index (χ3v) is 3.06. The molecule has 12 heavy (non-hydrogen) atoms. The Morgan fingerprint density at radius 2 is 1.92 bits per heavy atom. The maximum absolute atomic E-state index is 8.92. The molecule has 0 radical (unpaired) electrons. The van der Waals surface area contributed by atoms with Gasteiger partial charge in [0.2, 0.25) is 0 Å². The normalized spacial score (nSPS) is 33.3. The molecule has 1 saturated carbocycles. The van der Waals surface area contributed by atoms with Gasteiger partial charge in [-0.3, -0.25) is 0 Å². The van der Waals surface area contributed by atoms with E-state index in [-0.39, 0.29) is 17.9 Å². The number of halogens is 1. The summed E-state index contributed by atoms with van der Waals surface area (Å²) in [6.07, 6.45) is 0. The van der Waals surface area contributed by atoms with Crippen molar-refractivity contribution in [2.24, 2.45) is 5.92 Å². The average Bonchev–Trinajstić information content (AvgIpc) is 2.78. The molecule has 1 aliphatic rings. The smallest absolute Gasteiger partial charge is 0.0480 e. The van der Waals surface area contributed by atoms with Crippen molar-refractivity contribution < 1.29 is 5.11 Å². The van der Waals surface area contributed by atoms with Gasteiger partial charge in [0.05, 0.1) is 0 Å². The van der Waals surface area contributed by atoms with E-state index in [9.17, 15) is 0 Å². The van der Waals surface area contributed by atoms with Crippen LogP contribution in [0.4, 0.5) is 0 Å². The molecule has 0 spiro atoms. The van der Waals surface area contributed by atoms with E-state index in [1.54, 1.807) is 0 Å². The summed E-state index contributed by atoms with van der Waals surface area (Å²) in [6, 6.07) is 10.1. The summed E-state index contributed by atoms with van der Waals surface area (Å²) < 4.78 is 0. The maximum Gasteiger partial charge on any atom is 0.0480 e. The topological polar surface area (TPSA) is 20.2 Å². The van der Waals surface area contributed by atoms with Crippen LogP contribution >= 0.6 is 11.6 Å². The molecule has 0 aromatic heterocycles. The van der Waals surface area contributed by atoms with E-state index in [4.69, 9.17) is 16.7 Å². The second-order valence-corrected chi connectivity index (χ2v) is 3.73. The lowest BCUT2D eigenvalue weighted by atomic mass is 10.1. The number of rotatable bonds is 2. The van der Waals surface area contributed by atoms with E-state index >= 15 is 0 Å². The van der Waals surface area contributed by atoms with Gasteiger partial charge in [-0.25, -0.2) is 0 Å². The Hall–Kier alpha value is -0.530. The first-order valence-electron chi connectivity index (χ1n) is 4.14. The van der Waals surface area contributed by atoms with E-state index in [0.29, 0.717) is 5.92 Å². The molecule has 64 valence electrons. The van der Waals surface area contributed by atoms with Crippen molar-refractivity contribution in [1.82, 2.24) is 0 Å². The Labute approximate surface area is 77.0 Å². The first-order chi connectivity index (χ1) is 5.84. The largest absolute Gasteiger partial charge is 0.396 e. The van der Waals surface area contributed by atoms with E-state index in [0.717, 1.165) is 0 Å². The SMILES string of the molecule is OC[C@@H]1[C@H](Cl)[C@@H]1c1ccccc1. The Morgan fingerprint density at radius 1 is 1.25 bits per heavy atom.